The van der Waals surface area contributed by atoms with Crippen LogP contribution in [-0.4, -0.2) is 40.6 Å². The van der Waals surface area contributed by atoms with E-state index < -0.39 is 23.3 Å². The summed E-state index contributed by atoms with van der Waals surface area (Å²) in [6.07, 6.45) is 0. The highest BCUT2D eigenvalue weighted by atomic mass is 35.5. The Morgan fingerprint density at radius 2 is 2.14 bits per heavy atom. The predicted octanol–water partition coefficient (Wildman–Crippen LogP) is -0.511. The maximum atomic E-state index is 11.4. The number of carbonyl (C=O) groups is 3. The number of amides is 3. The summed E-state index contributed by atoms with van der Waals surface area (Å²) >= 11 is 5.37. The Balaban J connectivity index is 2.96. The van der Waals surface area contributed by atoms with Crippen molar-refractivity contribution >= 4 is 29.3 Å². The first-order valence-corrected chi connectivity index (χ1v) is 4.63. The second kappa shape index (κ2) is 3.57. The maximum Gasteiger partial charge on any atom is 0.252 e. The monoisotopic (exact) mass is 218 g/mol. The molecule has 5 nitrogen and oxygen atoms in total. The summed E-state index contributed by atoms with van der Waals surface area (Å²) < 4.78 is 0. The molecule has 1 saturated heterocycles. The van der Waals surface area contributed by atoms with Crippen LogP contribution in [0.1, 0.15) is 13.8 Å². The van der Waals surface area contributed by atoms with Crippen LogP contribution in [0.3, 0.4) is 0 Å². The predicted molar refractivity (Wildman–Crippen MR) is 49.7 cm³/mol. The third-order valence-electron chi connectivity index (χ3n) is 2.20. The van der Waals surface area contributed by atoms with Crippen molar-refractivity contribution in [1.82, 2.24) is 10.2 Å². The number of piperazine rings is 1. The van der Waals surface area contributed by atoms with Crippen LogP contribution in [0, 0.1) is 0 Å². The lowest BCUT2D eigenvalue weighted by Gasteiger charge is -2.39. The molecule has 0 unspecified atom stereocenters. The number of hydrogen-bond acceptors (Lipinski definition) is 3. The molecule has 1 aliphatic rings. The molecule has 0 aromatic heterocycles. The molecule has 0 atom stereocenters. The number of rotatable bonds is 1. The van der Waals surface area contributed by atoms with Gasteiger partial charge in [0.15, 0.2) is 0 Å². The van der Waals surface area contributed by atoms with Crippen LogP contribution >= 0.6 is 11.6 Å². The van der Waals surface area contributed by atoms with Gasteiger partial charge >= 0.3 is 0 Å². The molecule has 1 heterocycles. The van der Waals surface area contributed by atoms with Gasteiger partial charge in [0.25, 0.3) is 5.91 Å². The van der Waals surface area contributed by atoms with Crippen LogP contribution in [0.4, 0.5) is 0 Å². The van der Waals surface area contributed by atoms with E-state index in [9.17, 15) is 14.4 Å². The molecule has 0 aliphatic carbocycles. The van der Waals surface area contributed by atoms with E-state index in [0.717, 1.165) is 0 Å². The Hall–Kier alpha value is -1.10. The number of halogens is 1. The van der Waals surface area contributed by atoms with E-state index in [0.29, 0.717) is 0 Å². The number of hydrogen-bond donors (Lipinski definition) is 1. The van der Waals surface area contributed by atoms with Crippen molar-refractivity contribution in [2.24, 2.45) is 0 Å². The largest absolute Gasteiger partial charge is 0.318 e. The minimum absolute atomic E-state index is 0.121. The van der Waals surface area contributed by atoms with Gasteiger partial charge in [0.2, 0.25) is 11.8 Å². The SMILES string of the molecule is CC1(C)C(=O)NC(=O)CN1C(=O)CCl. The number of carbonyl (C=O) groups excluding carboxylic acids is 3. The van der Waals surface area contributed by atoms with Crippen LogP contribution in [-0.2, 0) is 14.4 Å². The van der Waals surface area contributed by atoms with E-state index in [2.05, 4.69) is 5.32 Å². The minimum atomic E-state index is -1.01. The van der Waals surface area contributed by atoms with E-state index in [-0.39, 0.29) is 12.4 Å². The smallest absolute Gasteiger partial charge is 0.252 e. The van der Waals surface area contributed by atoms with Crippen molar-refractivity contribution in [2.75, 3.05) is 12.4 Å². The lowest BCUT2D eigenvalue weighted by molar-refractivity contribution is -0.154. The zero-order chi connectivity index (χ0) is 10.9. The average Bonchev–Trinajstić information content (AvgIpc) is 2.10. The Morgan fingerprint density at radius 3 is 2.64 bits per heavy atom. The molecule has 1 fully saturated rings. The van der Waals surface area contributed by atoms with E-state index >= 15 is 0 Å². The molecule has 1 rings (SSSR count). The highest BCUT2D eigenvalue weighted by Crippen LogP contribution is 2.18. The summed E-state index contributed by atoms with van der Waals surface area (Å²) in [5.74, 6) is -1.61. The van der Waals surface area contributed by atoms with E-state index in [1.54, 1.807) is 13.8 Å². The first-order valence-electron chi connectivity index (χ1n) is 4.10. The molecule has 0 radical (unpaired) electrons. The summed E-state index contributed by atoms with van der Waals surface area (Å²) in [5.41, 5.74) is -1.01. The van der Waals surface area contributed by atoms with Gasteiger partial charge in [-0.1, -0.05) is 0 Å². The number of alkyl halides is 1. The normalized spacial score (nSPS) is 20.6. The molecule has 78 valence electrons. The van der Waals surface area contributed by atoms with Gasteiger partial charge in [-0.2, -0.15) is 0 Å². The molecule has 6 heteroatoms. The van der Waals surface area contributed by atoms with Gasteiger partial charge in [-0.25, -0.2) is 0 Å². The van der Waals surface area contributed by atoms with Gasteiger partial charge in [-0.05, 0) is 13.8 Å². The van der Waals surface area contributed by atoms with Crippen molar-refractivity contribution < 1.29 is 14.4 Å². The van der Waals surface area contributed by atoms with Crippen LogP contribution in [0.15, 0.2) is 0 Å². The molecule has 3 amide bonds. The number of imide groups is 1. The quantitative estimate of drug-likeness (QED) is 0.476. The van der Waals surface area contributed by atoms with Crippen LogP contribution < -0.4 is 5.32 Å². The van der Waals surface area contributed by atoms with Gasteiger partial charge in [0.1, 0.15) is 18.0 Å². The molecule has 1 N–H and O–H groups in total. The zero-order valence-electron chi connectivity index (χ0n) is 7.96. The molecule has 0 saturated carbocycles. The fourth-order valence-corrected chi connectivity index (χ4v) is 1.40. The van der Waals surface area contributed by atoms with Crippen LogP contribution in [0.5, 0.6) is 0 Å². The third kappa shape index (κ3) is 1.72. The average molecular weight is 219 g/mol. The van der Waals surface area contributed by atoms with Gasteiger partial charge in [0, 0.05) is 0 Å². The molecular formula is C8H11ClN2O3. The summed E-state index contributed by atoms with van der Waals surface area (Å²) in [6.45, 7) is 3.02. The van der Waals surface area contributed by atoms with E-state index in [4.69, 9.17) is 11.6 Å². The number of nitrogens with zero attached hydrogens (tertiary/aromatic N) is 1. The first kappa shape index (κ1) is 11.0. The minimum Gasteiger partial charge on any atom is -0.318 e. The lowest BCUT2D eigenvalue weighted by Crippen LogP contribution is -2.65. The van der Waals surface area contributed by atoms with Crippen LogP contribution in [0.2, 0.25) is 0 Å². The fourth-order valence-electron chi connectivity index (χ4n) is 1.25. The highest BCUT2D eigenvalue weighted by molar-refractivity contribution is 6.27. The second-order valence-corrected chi connectivity index (χ2v) is 3.82. The molecule has 0 spiro atoms. The Morgan fingerprint density at radius 1 is 1.57 bits per heavy atom. The highest BCUT2D eigenvalue weighted by Gasteiger charge is 2.42. The Labute approximate surface area is 86.4 Å². The molecule has 1 aliphatic heterocycles. The van der Waals surface area contributed by atoms with Crippen molar-refractivity contribution in [3.63, 3.8) is 0 Å². The Kier molecular flexibility index (Phi) is 2.80. The van der Waals surface area contributed by atoms with Crippen molar-refractivity contribution in [3.05, 3.63) is 0 Å². The van der Waals surface area contributed by atoms with Crippen molar-refractivity contribution in [2.45, 2.75) is 19.4 Å². The molecule has 0 bridgehead atoms. The number of nitrogens with one attached hydrogen (secondary N) is 1. The molecule has 0 aromatic carbocycles. The maximum absolute atomic E-state index is 11.4. The summed E-state index contributed by atoms with van der Waals surface area (Å²) in [5, 5.41) is 2.16. The third-order valence-corrected chi connectivity index (χ3v) is 2.43. The van der Waals surface area contributed by atoms with Gasteiger partial charge in [-0.3, -0.25) is 19.7 Å². The zero-order valence-corrected chi connectivity index (χ0v) is 8.72. The lowest BCUT2D eigenvalue weighted by atomic mass is 9.99. The fraction of sp³-hybridized carbons (Fsp3) is 0.625. The van der Waals surface area contributed by atoms with Crippen molar-refractivity contribution in [3.8, 4) is 0 Å². The summed E-state index contributed by atoms with van der Waals surface area (Å²) in [4.78, 5) is 34.9. The molecule has 0 aromatic rings. The van der Waals surface area contributed by atoms with Crippen LogP contribution in [0.25, 0.3) is 0 Å². The molecule has 14 heavy (non-hydrogen) atoms. The second-order valence-electron chi connectivity index (χ2n) is 3.55. The van der Waals surface area contributed by atoms with Crippen molar-refractivity contribution in [1.29, 1.82) is 0 Å². The summed E-state index contributed by atoms with van der Waals surface area (Å²) in [7, 11) is 0. The topological polar surface area (TPSA) is 66.5 Å². The first-order chi connectivity index (χ1) is 6.39. The van der Waals surface area contributed by atoms with E-state index in [1.165, 1.54) is 4.90 Å². The molecular weight excluding hydrogens is 208 g/mol. The van der Waals surface area contributed by atoms with E-state index in [1.807, 2.05) is 0 Å². The standard InChI is InChI=1S/C8H11ClN2O3/c1-8(2)7(14)10-5(12)4-11(8)6(13)3-9/h3-4H2,1-2H3,(H,10,12,14). The van der Waals surface area contributed by atoms with Gasteiger partial charge < -0.3 is 4.90 Å². The summed E-state index contributed by atoms with van der Waals surface area (Å²) in [6, 6.07) is 0. The van der Waals surface area contributed by atoms with Gasteiger partial charge in [0.05, 0.1) is 0 Å². The Bertz CT molecular complexity index is 301. The van der Waals surface area contributed by atoms with Gasteiger partial charge in [-0.15, -0.1) is 11.6 Å².